The van der Waals surface area contributed by atoms with E-state index >= 15 is 0 Å². The Morgan fingerprint density at radius 3 is 2.79 bits per heavy atom. The molecule has 1 saturated heterocycles. The number of amides is 2. The molecule has 8 heteroatoms. The second-order valence-corrected chi connectivity index (χ2v) is 7.93. The molecule has 0 N–H and O–H groups in total. The summed E-state index contributed by atoms with van der Waals surface area (Å²) in [5.74, 6) is -1.89. The largest absolute Gasteiger partial charge is 0.338 e. The van der Waals surface area contributed by atoms with Crippen LogP contribution in [0.15, 0.2) is 23.1 Å². The van der Waals surface area contributed by atoms with Crippen molar-refractivity contribution in [2.45, 2.75) is 43.5 Å². The van der Waals surface area contributed by atoms with Crippen molar-refractivity contribution < 1.29 is 22.4 Å². The summed E-state index contributed by atoms with van der Waals surface area (Å²) in [6, 6.07) is 3.08. The Kier molecular flexibility index (Phi) is 4.33. The lowest BCUT2D eigenvalue weighted by Gasteiger charge is -2.36. The monoisotopic (exact) mass is 354 g/mol. The average molecular weight is 354 g/mol. The SMILES string of the molecule is CCC1CCCCN1C(=O)CN1C(=O)c2ccc(F)cc2S1(=O)=O. The first-order chi connectivity index (χ1) is 11.4. The van der Waals surface area contributed by atoms with Gasteiger partial charge in [-0.3, -0.25) is 9.59 Å². The van der Waals surface area contributed by atoms with Crippen LogP contribution < -0.4 is 0 Å². The van der Waals surface area contributed by atoms with Crippen LogP contribution in [0.25, 0.3) is 0 Å². The molecule has 2 aliphatic rings. The zero-order valence-corrected chi connectivity index (χ0v) is 14.2. The van der Waals surface area contributed by atoms with Gasteiger partial charge in [0.05, 0.1) is 5.56 Å². The fourth-order valence-corrected chi connectivity index (χ4v) is 4.90. The topological polar surface area (TPSA) is 74.8 Å². The Bertz CT molecular complexity index is 793. The van der Waals surface area contributed by atoms with Gasteiger partial charge in [0.1, 0.15) is 17.3 Å². The van der Waals surface area contributed by atoms with Gasteiger partial charge in [-0.15, -0.1) is 0 Å². The van der Waals surface area contributed by atoms with Gasteiger partial charge in [-0.1, -0.05) is 6.92 Å². The molecule has 1 atom stereocenters. The number of benzene rings is 1. The molecule has 0 aromatic heterocycles. The summed E-state index contributed by atoms with van der Waals surface area (Å²) in [6.45, 7) is 2.02. The average Bonchev–Trinajstić information content (AvgIpc) is 2.75. The highest BCUT2D eigenvalue weighted by molar-refractivity contribution is 7.90. The highest BCUT2D eigenvalue weighted by Gasteiger charge is 2.43. The van der Waals surface area contributed by atoms with E-state index in [1.807, 2.05) is 6.92 Å². The number of hydrogen-bond donors (Lipinski definition) is 0. The Balaban J connectivity index is 1.86. The van der Waals surface area contributed by atoms with Gasteiger partial charge >= 0.3 is 0 Å². The van der Waals surface area contributed by atoms with Gasteiger partial charge in [-0.05, 0) is 43.9 Å². The Morgan fingerprint density at radius 1 is 1.33 bits per heavy atom. The van der Waals surface area contributed by atoms with E-state index in [-0.39, 0.29) is 22.4 Å². The number of nitrogens with zero attached hydrogens (tertiary/aromatic N) is 2. The van der Waals surface area contributed by atoms with Crippen LogP contribution in [0.1, 0.15) is 43.0 Å². The standard InChI is InChI=1S/C16H19FN2O4S/c1-2-12-5-3-4-8-18(12)15(20)10-19-16(21)13-7-6-11(17)9-14(13)24(19,22)23/h6-7,9,12H,2-5,8,10H2,1H3. The predicted molar refractivity (Wildman–Crippen MR) is 84.3 cm³/mol. The van der Waals surface area contributed by atoms with E-state index in [1.54, 1.807) is 4.90 Å². The molecule has 0 saturated carbocycles. The van der Waals surface area contributed by atoms with Crippen molar-refractivity contribution in [3.05, 3.63) is 29.6 Å². The first kappa shape index (κ1) is 16.9. The van der Waals surface area contributed by atoms with E-state index in [0.717, 1.165) is 43.9 Å². The lowest BCUT2D eigenvalue weighted by molar-refractivity contribution is -0.134. The number of carbonyl (C=O) groups is 2. The van der Waals surface area contributed by atoms with Crippen molar-refractivity contribution in [1.29, 1.82) is 0 Å². The molecule has 2 amide bonds. The Hall–Kier alpha value is -1.96. The lowest BCUT2D eigenvalue weighted by atomic mass is 10.00. The van der Waals surface area contributed by atoms with Crippen molar-refractivity contribution in [2.24, 2.45) is 0 Å². The number of hydrogen-bond acceptors (Lipinski definition) is 4. The summed E-state index contributed by atoms with van der Waals surface area (Å²) in [4.78, 5) is 26.2. The molecule has 1 unspecified atom stereocenters. The molecule has 0 radical (unpaired) electrons. The van der Waals surface area contributed by atoms with Crippen LogP contribution in [0.3, 0.4) is 0 Å². The quantitative estimate of drug-likeness (QED) is 0.829. The molecule has 24 heavy (non-hydrogen) atoms. The second kappa shape index (κ2) is 6.16. The summed E-state index contributed by atoms with van der Waals surface area (Å²) in [5, 5.41) is 0. The minimum atomic E-state index is -4.18. The van der Waals surface area contributed by atoms with Gasteiger partial charge < -0.3 is 4.90 Å². The molecule has 2 aliphatic heterocycles. The molecule has 2 heterocycles. The predicted octanol–water partition coefficient (Wildman–Crippen LogP) is 1.76. The second-order valence-electron chi connectivity index (χ2n) is 6.10. The van der Waals surface area contributed by atoms with Crippen LogP contribution >= 0.6 is 0 Å². The molecule has 1 fully saturated rings. The lowest BCUT2D eigenvalue weighted by Crippen LogP contribution is -2.48. The number of fused-ring (bicyclic) bond motifs is 1. The third kappa shape index (κ3) is 2.68. The molecular formula is C16H19FN2O4S. The molecule has 1 aromatic carbocycles. The smallest absolute Gasteiger partial charge is 0.269 e. The van der Waals surface area contributed by atoms with E-state index < -0.39 is 28.3 Å². The third-order valence-electron chi connectivity index (χ3n) is 4.67. The maximum atomic E-state index is 13.3. The van der Waals surface area contributed by atoms with Crippen molar-refractivity contribution in [3.63, 3.8) is 0 Å². The van der Waals surface area contributed by atoms with E-state index in [1.165, 1.54) is 0 Å². The van der Waals surface area contributed by atoms with Crippen molar-refractivity contribution in [2.75, 3.05) is 13.1 Å². The van der Waals surface area contributed by atoms with Crippen LogP contribution in [0.4, 0.5) is 4.39 Å². The van der Waals surface area contributed by atoms with Gasteiger partial charge in [-0.25, -0.2) is 17.1 Å². The summed E-state index contributed by atoms with van der Waals surface area (Å²) in [7, 11) is -4.18. The molecule has 1 aromatic rings. The zero-order chi connectivity index (χ0) is 17.5. The number of sulfonamides is 1. The highest BCUT2D eigenvalue weighted by Crippen LogP contribution is 2.31. The number of piperidine rings is 1. The van der Waals surface area contributed by atoms with E-state index in [2.05, 4.69) is 0 Å². The number of rotatable bonds is 3. The Morgan fingerprint density at radius 2 is 2.08 bits per heavy atom. The van der Waals surface area contributed by atoms with Crippen molar-refractivity contribution in [3.8, 4) is 0 Å². The van der Waals surface area contributed by atoms with Crippen LogP contribution in [0.2, 0.25) is 0 Å². The molecule has 0 aliphatic carbocycles. The molecule has 3 rings (SSSR count). The van der Waals surface area contributed by atoms with Gasteiger partial charge in [0.25, 0.3) is 15.9 Å². The Labute approximate surface area is 140 Å². The van der Waals surface area contributed by atoms with Gasteiger partial charge in [-0.2, -0.15) is 0 Å². The summed E-state index contributed by atoms with van der Waals surface area (Å²) < 4.78 is 38.9. The summed E-state index contributed by atoms with van der Waals surface area (Å²) in [5.41, 5.74) is -0.0881. The number of carbonyl (C=O) groups excluding carboxylic acids is 2. The van der Waals surface area contributed by atoms with Gasteiger partial charge in [0, 0.05) is 12.6 Å². The first-order valence-electron chi connectivity index (χ1n) is 8.02. The first-order valence-corrected chi connectivity index (χ1v) is 9.46. The maximum Gasteiger partial charge on any atom is 0.269 e. The van der Waals surface area contributed by atoms with Crippen molar-refractivity contribution in [1.82, 2.24) is 9.21 Å². The molecule has 0 bridgehead atoms. The number of halogens is 1. The molecule has 0 spiro atoms. The zero-order valence-electron chi connectivity index (χ0n) is 13.4. The minimum Gasteiger partial charge on any atom is -0.338 e. The fraction of sp³-hybridized carbons (Fsp3) is 0.500. The van der Waals surface area contributed by atoms with E-state index in [0.29, 0.717) is 10.8 Å². The summed E-state index contributed by atoms with van der Waals surface area (Å²) in [6.07, 6.45) is 3.58. The van der Waals surface area contributed by atoms with Crippen LogP contribution in [0, 0.1) is 5.82 Å². The fourth-order valence-electron chi connectivity index (χ4n) is 3.37. The van der Waals surface area contributed by atoms with Gasteiger partial charge in [0.15, 0.2) is 0 Å². The maximum absolute atomic E-state index is 13.3. The molecular weight excluding hydrogens is 335 g/mol. The normalized spacial score (nSPS) is 22.6. The van der Waals surface area contributed by atoms with Gasteiger partial charge in [0.2, 0.25) is 5.91 Å². The molecule has 6 nitrogen and oxygen atoms in total. The van der Waals surface area contributed by atoms with Crippen LogP contribution in [-0.4, -0.2) is 48.6 Å². The summed E-state index contributed by atoms with van der Waals surface area (Å²) >= 11 is 0. The van der Waals surface area contributed by atoms with Crippen LogP contribution in [0.5, 0.6) is 0 Å². The minimum absolute atomic E-state index is 0.0754. The van der Waals surface area contributed by atoms with Crippen LogP contribution in [-0.2, 0) is 14.8 Å². The van der Waals surface area contributed by atoms with Crippen molar-refractivity contribution >= 4 is 21.8 Å². The van der Waals surface area contributed by atoms with E-state index in [4.69, 9.17) is 0 Å². The highest BCUT2D eigenvalue weighted by atomic mass is 32.2. The molecule has 130 valence electrons. The number of likely N-dealkylation sites (tertiary alicyclic amines) is 1. The van der Waals surface area contributed by atoms with E-state index in [9.17, 15) is 22.4 Å². The third-order valence-corrected chi connectivity index (χ3v) is 6.44.